The van der Waals surface area contributed by atoms with Gasteiger partial charge in [-0.1, -0.05) is 36.4 Å². The highest BCUT2D eigenvalue weighted by Crippen LogP contribution is 2.30. The minimum atomic E-state index is -4.46. The van der Waals surface area contributed by atoms with Crippen molar-refractivity contribution in [2.75, 3.05) is 12.3 Å². The minimum Gasteiger partial charge on any atom is -0.346 e. The normalized spacial score (nSPS) is 14.3. The molecule has 7 nitrogen and oxygen atoms in total. The molecular formula is C20H20F3N5O2S. The quantitative estimate of drug-likeness (QED) is 0.476. The molecule has 0 spiro atoms. The Morgan fingerprint density at radius 3 is 2.68 bits per heavy atom. The van der Waals surface area contributed by atoms with Crippen LogP contribution in [0.2, 0.25) is 0 Å². The zero-order valence-corrected chi connectivity index (χ0v) is 17.3. The third-order valence-corrected chi connectivity index (χ3v) is 5.96. The van der Waals surface area contributed by atoms with Crippen LogP contribution in [0.25, 0.3) is 17.1 Å². The van der Waals surface area contributed by atoms with Crippen molar-refractivity contribution in [2.45, 2.75) is 43.6 Å². The van der Waals surface area contributed by atoms with Crippen LogP contribution in [0, 0.1) is 0 Å². The molecule has 0 radical (unpaired) electrons. The van der Waals surface area contributed by atoms with Crippen LogP contribution in [0.15, 0.2) is 40.3 Å². The lowest BCUT2D eigenvalue weighted by Gasteiger charge is -2.17. The Bertz CT molecular complexity index is 1110. The highest BCUT2D eigenvalue weighted by atomic mass is 32.2. The van der Waals surface area contributed by atoms with Crippen molar-refractivity contribution in [3.05, 3.63) is 46.4 Å². The fourth-order valence-electron chi connectivity index (χ4n) is 3.59. The second-order valence-electron chi connectivity index (χ2n) is 7.24. The van der Waals surface area contributed by atoms with E-state index in [1.54, 1.807) is 12.1 Å². The van der Waals surface area contributed by atoms with Crippen LogP contribution < -0.4 is 10.9 Å². The maximum absolute atomic E-state index is 13.1. The van der Waals surface area contributed by atoms with E-state index in [0.29, 0.717) is 29.4 Å². The Balaban J connectivity index is 1.69. The maximum atomic E-state index is 13.1. The molecule has 0 aromatic heterocycles. The average Bonchev–Trinajstić information content (AvgIpc) is 2.90. The van der Waals surface area contributed by atoms with E-state index in [1.165, 1.54) is 4.68 Å². The lowest BCUT2D eigenvalue weighted by atomic mass is 10.1. The number of alkyl halides is 3. The van der Waals surface area contributed by atoms with E-state index in [4.69, 9.17) is 0 Å². The second kappa shape index (κ2) is 8.74. The molecule has 1 N–H and O–H groups in total. The predicted octanol–water partition coefficient (Wildman–Crippen LogP) is 3.03. The smallest absolute Gasteiger partial charge is 0.346 e. The third-order valence-electron chi connectivity index (χ3n) is 4.99. The van der Waals surface area contributed by atoms with Crippen LogP contribution in [0.5, 0.6) is 0 Å². The van der Waals surface area contributed by atoms with Gasteiger partial charge in [-0.25, -0.2) is 4.98 Å². The first-order chi connectivity index (χ1) is 14.8. The van der Waals surface area contributed by atoms with Crippen molar-refractivity contribution in [1.29, 1.82) is 0 Å². The summed E-state index contributed by atoms with van der Waals surface area (Å²) in [4.78, 5) is 29.5. The van der Waals surface area contributed by atoms with Crippen LogP contribution >= 0.6 is 11.8 Å². The molecule has 3 aliphatic heterocycles. The van der Waals surface area contributed by atoms with Gasteiger partial charge >= 0.3 is 6.18 Å². The van der Waals surface area contributed by atoms with Crippen molar-refractivity contribution in [3.8, 4) is 17.1 Å². The van der Waals surface area contributed by atoms with E-state index in [2.05, 4.69) is 10.1 Å². The number of hydrogen-bond donors (Lipinski definition) is 1. The zero-order valence-electron chi connectivity index (χ0n) is 16.5. The molecule has 0 atom stereocenters. The molecule has 4 rings (SSSR count). The number of nitrogens with zero attached hydrogens (tertiary/aromatic N) is 4. The van der Waals surface area contributed by atoms with Crippen molar-refractivity contribution in [3.63, 3.8) is 0 Å². The monoisotopic (exact) mass is 451 g/mol. The van der Waals surface area contributed by atoms with Crippen LogP contribution in [-0.2, 0) is 17.8 Å². The summed E-state index contributed by atoms with van der Waals surface area (Å²) in [6.45, 7) is -0.744. The maximum Gasteiger partial charge on any atom is 0.405 e. The van der Waals surface area contributed by atoms with Gasteiger partial charge in [0.25, 0.3) is 5.56 Å². The van der Waals surface area contributed by atoms with E-state index >= 15 is 0 Å². The summed E-state index contributed by atoms with van der Waals surface area (Å²) in [6, 6.07) is 9.02. The summed E-state index contributed by atoms with van der Waals surface area (Å²) >= 11 is 1.05. The molecule has 0 saturated carbocycles. The van der Waals surface area contributed by atoms with Gasteiger partial charge in [0.2, 0.25) is 5.91 Å². The molecule has 3 aliphatic rings. The number of para-hydroxylation sites is 1. The van der Waals surface area contributed by atoms with Crippen molar-refractivity contribution in [1.82, 2.24) is 24.6 Å². The Morgan fingerprint density at radius 1 is 1.16 bits per heavy atom. The van der Waals surface area contributed by atoms with Gasteiger partial charge in [-0.3, -0.25) is 9.59 Å². The Hall–Kier alpha value is -2.82. The van der Waals surface area contributed by atoms with E-state index in [0.717, 1.165) is 36.7 Å². The van der Waals surface area contributed by atoms with Crippen molar-refractivity contribution in [2.24, 2.45) is 0 Å². The summed E-state index contributed by atoms with van der Waals surface area (Å²) in [7, 11) is 0. The minimum absolute atomic E-state index is 0.211. The van der Waals surface area contributed by atoms with Crippen LogP contribution in [0.4, 0.5) is 13.2 Å². The number of nitrogens with one attached hydrogen (secondary N) is 1. The summed E-state index contributed by atoms with van der Waals surface area (Å²) in [5.41, 5.74) is 1.64. The van der Waals surface area contributed by atoms with E-state index in [9.17, 15) is 22.8 Å². The topological polar surface area (TPSA) is 81.8 Å². The molecule has 31 heavy (non-hydrogen) atoms. The molecule has 3 heterocycles. The van der Waals surface area contributed by atoms with Crippen LogP contribution in [0.1, 0.15) is 25.0 Å². The fraction of sp³-hybridized carbons (Fsp3) is 0.400. The van der Waals surface area contributed by atoms with Crippen molar-refractivity contribution < 1.29 is 18.0 Å². The Kier molecular flexibility index (Phi) is 6.03. The molecule has 164 valence electrons. The van der Waals surface area contributed by atoms with Gasteiger partial charge < -0.3 is 9.88 Å². The van der Waals surface area contributed by atoms with Gasteiger partial charge in [-0.05, 0) is 31.4 Å². The number of halogens is 3. The SMILES string of the molecule is O=C(CSc1nc2nn(-c3ccccc3)c(=O)c-2c2n1CCCCC2)NCC(F)(F)F. The molecule has 0 saturated heterocycles. The van der Waals surface area contributed by atoms with Crippen LogP contribution in [0.3, 0.4) is 0 Å². The molecule has 0 aliphatic carbocycles. The zero-order chi connectivity index (χ0) is 22.0. The van der Waals surface area contributed by atoms with Crippen LogP contribution in [-0.4, -0.2) is 43.7 Å². The number of benzene rings is 1. The summed E-state index contributed by atoms with van der Waals surface area (Å²) in [6.07, 6.45) is -1.01. The summed E-state index contributed by atoms with van der Waals surface area (Å²) in [5.74, 6) is -0.663. The van der Waals surface area contributed by atoms with Gasteiger partial charge in [-0.2, -0.15) is 17.9 Å². The molecule has 0 unspecified atom stereocenters. The Labute approximate surface area is 180 Å². The fourth-order valence-corrected chi connectivity index (χ4v) is 4.46. The number of fused-ring (bicyclic) bond motifs is 3. The molecule has 0 fully saturated rings. The Morgan fingerprint density at radius 2 is 1.94 bits per heavy atom. The summed E-state index contributed by atoms with van der Waals surface area (Å²) in [5, 5.41) is 6.74. The van der Waals surface area contributed by atoms with Gasteiger partial charge in [0.15, 0.2) is 11.0 Å². The lowest BCUT2D eigenvalue weighted by Crippen LogP contribution is -2.34. The average molecular weight is 451 g/mol. The molecule has 1 aromatic carbocycles. The lowest BCUT2D eigenvalue weighted by molar-refractivity contribution is -0.136. The number of rotatable bonds is 5. The van der Waals surface area contributed by atoms with E-state index < -0.39 is 18.6 Å². The van der Waals surface area contributed by atoms with Gasteiger partial charge in [-0.15, -0.1) is 5.10 Å². The molecular weight excluding hydrogens is 431 g/mol. The standard InChI is InChI=1S/C20H20F3N5O2S/c21-20(22,23)12-24-15(29)11-31-19-25-17-16(14-9-5-2-6-10-27(14)19)18(30)28(26-17)13-7-3-1-4-8-13/h1,3-4,7-8H,2,5-6,9-12H2,(H,24,29). The third kappa shape index (κ3) is 4.76. The predicted molar refractivity (Wildman–Crippen MR) is 110 cm³/mol. The number of carbonyl (C=O) groups is 1. The number of thioether (sulfide) groups is 1. The molecule has 1 amide bonds. The van der Waals surface area contributed by atoms with E-state index in [1.807, 2.05) is 28.1 Å². The van der Waals surface area contributed by atoms with Gasteiger partial charge in [0.05, 0.1) is 11.4 Å². The first kappa shape index (κ1) is 21.4. The molecule has 1 aromatic rings. The van der Waals surface area contributed by atoms with E-state index in [-0.39, 0.29) is 17.1 Å². The number of aromatic nitrogens is 4. The number of hydrogen-bond acceptors (Lipinski definition) is 5. The first-order valence-electron chi connectivity index (χ1n) is 9.87. The van der Waals surface area contributed by atoms with Crippen molar-refractivity contribution >= 4 is 17.7 Å². The first-order valence-corrected chi connectivity index (χ1v) is 10.9. The highest BCUT2D eigenvalue weighted by molar-refractivity contribution is 7.99. The highest BCUT2D eigenvalue weighted by Gasteiger charge is 2.29. The van der Waals surface area contributed by atoms with Gasteiger partial charge in [0.1, 0.15) is 12.1 Å². The number of amides is 1. The van der Waals surface area contributed by atoms with Gasteiger partial charge in [0, 0.05) is 12.2 Å². The molecule has 0 bridgehead atoms. The number of carbonyl (C=O) groups excluding carboxylic acids is 1. The largest absolute Gasteiger partial charge is 0.405 e. The second-order valence-corrected chi connectivity index (χ2v) is 8.18. The summed E-state index contributed by atoms with van der Waals surface area (Å²) < 4.78 is 40.2. The molecule has 11 heteroatoms.